The highest BCUT2D eigenvalue weighted by atomic mass is 79.9. The van der Waals surface area contributed by atoms with Crippen molar-refractivity contribution in [1.29, 1.82) is 0 Å². The van der Waals surface area contributed by atoms with Crippen LogP contribution in [0, 0.1) is 0 Å². The molecule has 0 aliphatic carbocycles. The summed E-state index contributed by atoms with van der Waals surface area (Å²) in [5.41, 5.74) is 6.13. The highest BCUT2D eigenvalue weighted by Gasteiger charge is 2.26. The molecule has 0 atom stereocenters. The number of amidine groups is 1. The molecule has 1 heterocycles. The van der Waals surface area contributed by atoms with Crippen LogP contribution < -0.4 is 15.7 Å². The Morgan fingerprint density at radius 1 is 0.815 bits per heavy atom. The second-order valence-electron chi connectivity index (χ2n) is 5.72. The number of rotatable bonds is 4. The lowest BCUT2D eigenvalue weighted by molar-refractivity contribution is 0.0697. The van der Waals surface area contributed by atoms with Gasteiger partial charge in [-0.3, -0.25) is 5.43 Å². The first-order valence-electron chi connectivity index (χ1n) is 8.11. The van der Waals surface area contributed by atoms with Crippen LogP contribution in [0.15, 0.2) is 90.0 Å². The molecule has 6 nitrogen and oxygen atoms in total. The van der Waals surface area contributed by atoms with Crippen molar-refractivity contribution in [3.63, 3.8) is 0 Å². The Labute approximate surface area is 167 Å². The van der Waals surface area contributed by atoms with E-state index in [-0.39, 0.29) is 22.5 Å². The zero-order valence-electron chi connectivity index (χ0n) is 14.2. The van der Waals surface area contributed by atoms with Gasteiger partial charge in [0.2, 0.25) is 0 Å². The average molecular weight is 425 g/mol. The zero-order chi connectivity index (χ0) is 17.9. The van der Waals surface area contributed by atoms with Gasteiger partial charge in [-0.15, -0.1) is 22.1 Å². The summed E-state index contributed by atoms with van der Waals surface area (Å²) >= 11 is 0. The van der Waals surface area contributed by atoms with Gasteiger partial charge in [-0.1, -0.05) is 48.5 Å². The number of hydrazone groups is 1. The summed E-state index contributed by atoms with van der Waals surface area (Å²) in [6, 6.07) is 26.2. The third-order valence-electron chi connectivity index (χ3n) is 3.99. The van der Waals surface area contributed by atoms with Crippen LogP contribution in [0.2, 0.25) is 0 Å². The standard InChI is InChI=1S/C20H16N4O2.BrH/c25-20(26)16-11-13-18(14-12-16)24-22-19(15-7-3-1-4-8-15)21-23(24)17-9-5-2-6-10-17;/h1-14H,(H,21,22)(H,25,26);1H. The van der Waals surface area contributed by atoms with Crippen molar-refractivity contribution in [1.82, 2.24) is 5.43 Å². The predicted octanol–water partition coefficient (Wildman–Crippen LogP) is 4.07. The van der Waals surface area contributed by atoms with E-state index >= 15 is 0 Å². The highest BCUT2D eigenvalue weighted by molar-refractivity contribution is 8.93. The maximum Gasteiger partial charge on any atom is 0.335 e. The number of benzene rings is 3. The van der Waals surface area contributed by atoms with E-state index in [1.165, 1.54) is 0 Å². The molecule has 3 aromatic rings. The highest BCUT2D eigenvalue weighted by Crippen LogP contribution is 2.26. The van der Waals surface area contributed by atoms with Gasteiger partial charge in [0.1, 0.15) is 0 Å². The second kappa shape index (κ2) is 7.92. The molecule has 0 aromatic heterocycles. The molecule has 1 aliphatic heterocycles. The monoisotopic (exact) mass is 424 g/mol. The number of aromatic carboxylic acids is 1. The van der Waals surface area contributed by atoms with Crippen LogP contribution in [0.4, 0.5) is 11.4 Å². The Balaban J connectivity index is 0.00000210. The van der Waals surface area contributed by atoms with Crippen LogP contribution in [0.5, 0.6) is 0 Å². The fourth-order valence-electron chi connectivity index (χ4n) is 2.68. The first kappa shape index (κ1) is 18.5. The average Bonchev–Trinajstić information content (AvgIpc) is 3.15. The molecule has 0 radical (unpaired) electrons. The lowest BCUT2D eigenvalue weighted by Crippen LogP contribution is -2.44. The van der Waals surface area contributed by atoms with Gasteiger partial charge in [-0.2, -0.15) is 10.2 Å². The van der Waals surface area contributed by atoms with Crippen LogP contribution in [-0.2, 0) is 0 Å². The van der Waals surface area contributed by atoms with E-state index in [0.717, 1.165) is 16.9 Å². The summed E-state index contributed by atoms with van der Waals surface area (Å²) in [5, 5.41) is 17.3. The summed E-state index contributed by atoms with van der Waals surface area (Å²) in [6.45, 7) is 0. The summed E-state index contributed by atoms with van der Waals surface area (Å²) in [6.07, 6.45) is 0. The van der Waals surface area contributed by atoms with Gasteiger partial charge in [-0.25, -0.2) is 4.79 Å². The van der Waals surface area contributed by atoms with Crippen molar-refractivity contribution in [2.45, 2.75) is 0 Å². The van der Waals surface area contributed by atoms with E-state index in [4.69, 9.17) is 10.2 Å². The number of nitrogens with zero attached hydrogens (tertiary/aromatic N) is 3. The molecular weight excluding hydrogens is 408 g/mol. The number of para-hydroxylation sites is 1. The number of anilines is 2. The van der Waals surface area contributed by atoms with Gasteiger partial charge >= 0.3 is 5.97 Å². The van der Waals surface area contributed by atoms with Crippen LogP contribution in [0.3, 0.4) is 0 Å². The van der Waals surface area contributed by atoms with Crippen molar-refractivity contribution in [3.05, 3.63) is 96.1 Å². The Morgan fingerprint density at radius 2 is 1.41 bits per heavy atom. The lowest BCUT2D eigenvalue weighted by Gasteiger charge is -2.27. The Morgan fingerprint density at radius 3 is 2.00 bits per heavy atom. The molecule has 0 unspecified atom stereocenters. The van der Waals surface area contributed by atoms with Gasteiger partial charge in [-0.05, 0) is 36.4 Å². The molecular formula is C20H17BrN4O2. The van der Waals surface area contributed by atoms with Crippen molar-refractivity contribution < 1.29 is 9.90 Å². The van der Waals surface area contributed by atoms with Crippen molar-refractivity contribution in [3.8, 4) is 0 Å². The molecule has 2 N–H and O–H groups in total. The number of hydrogen-bond acceptors (Lipinski definition) is 5. The van der Waals surface area contributed by atoms with Crippen LogP contribution in [0.25, 0.3) is 0 Å². The third-order valence-corrected chi connectivity index (χ3v) is 3.99. The molecule has 0 saturated carbocycles. The molecule has 7 heteroatoms. The topological polar surface area (TPSA) is 68.2 Å². The van der Waals surface area contributed by atoms with E-state index in [2.05, 4.69) is 5.43 Å². The van der Waals surface area contributed by atoms with E-state index in [1.54, 1.807) is 34.5 Å². The minimum absolute atomic E-state index is 0. The van der Waals surface area contributed by atoms with Gasteiger partial charge < -0.3 is 5.11 Å². The minimum Gasteiger partial charge on any atom is -0.478 e. The molecule has 136 valence electrons. The number of halogens is 1. The molecule has 0 spiro atoms. The van der Waals surface area contributed by atoms with Crippen molar-refractivity contribution in [2.75, 3.05) is 10.2 Å². The fraction of sp³-hybridized carbons (Fsp3) is 0. The van der Waals surface area contributed by atoms with E-state index < -0.39 is 5.97 Å². The summed E-state index contributed by atoms with van der Waals surface area (Å²) in [5.74, 6) is -0.246. The van der Waals surface area contributed by atoms with Crippen molar-refractivity contribution in [2.24, 2.45) is 5.10 Å². The van der Waals surface area contributed by atoms with Gasteiger partial charge in [0.05, 0.1) is 16.9 Å². The number of carboxylic acids is 1. The second-order valence-corrected chi connectivity index (χ2v) is 5.72. The molecule has 0 saturated heterocycles. The fourth-order valence-corrected chi connectivity index (χ4v) is 2.68. The van der Waals surface area contributed by atoms with Gasteiger partial charge in [0.25, 0.3) is 0 Å². The van der Waals surface area contributed by atoms with Gasteiger partial charge in [0, 0.05) is 5.56 Å². The number of carbonyl (C=O) groups is 1. The van der Waals surface area contributed by atoms with E-state index in [0.29, 0.717) is 5.84 Å². The van der Waals surface area contributed by atoms with Crippen LogP contribution in [-0.4, -0.2) is 16.9 Å². The molecule has 1 aliphatic rings. The number of hydrazine groups is 2. The third kappa shape index (κ3) is 3.78. The predicted molar refractivity (Wildman–Crippen MR) is 111 cm³/mol. The van der Waals surface area contributed by atoms with E-state index in [9.17, 15) is 4.79 Å². The van der Waals surface area contributed by atoms with Gasteiger partial charge in [0.15, 0.2) is 5.84 Å². The quantitative estimate of drug-likeness (QED) is 0.660. The normalized spacial score (nSPS) is 12.8. The summed E-state index contributed by atoms with van der Waals surface area (Å²) < 4.78 is 0. The van der Waals surface area contributed by atoms with Crippen molar-refractivity contribution >= 4 is 40.2 Å². The Hall–Kier alpha value is -3.32. The summed E-state index contributed by atoms with van der Waals surface area (Å²) in [7, 11) is 0. The first-order chi connectivity index (χ1) is 12.7. The molecule has 0 amide bonds. The number of hydrogen-bond donors (Lipinski definition) is 2. The lowest BCUT2D eigenvalue weighted by atomic mass is 10.2. The summed E-state index contributed by atoms with van der Waals surface area (Å²) in [4.78, 5) is 11.1. The van der Waals surface area contributed by atoms with Crippen LogP contribution >= 0.6 is 17.0 Å². The minimum atomic E-state index is -0.952. The SMILES string of the molecule is Br.O=C(O)c1ccc(N2NC(c3ccccc3)=NN2c2ccccc2)cc1. The molecule has 0 bridgehead atoms. The van der Waals surface area contributed by atoms with E-state index in [1.807, 2.05) is 60.7 Å². The number of nitrogens with one attached hydrogen (secondary N) is 1. The maximum absolute atomic E-state index is 11.1. The molecule has 27 heavy (non-hydrogen) atoms. The Bertz CT molecular complexity index is 947. The number of carboxylic acid groups (broad SMARTS) is 1. The first-order valence-corrected chi connectivity index (χ1v) is 8.11. The molecule has 0 fully saturated rings. The smallest absolute Gasteiger partial charge is 0.335 e. The largest absolute Gasteiger partial charge is 0.478 e. The van der Waals surface area contributed by atoms with Crippen LogP contribution in [0.1, 0.15) is 15.9 Å². The zero-order valence-corrected chi connectivity index (χ0v) is 15.9. The molecule has 3 aromatic carbocycles. The Kier molecular flexibility index (Phi) is 5.42. The molecule has 4 rings (SSSR count). The maximum atomic E-state index is 11.1.